The van der Waals surface area contributed by atoms with Crippen LogP contribution in [0, 0.1) is 0 Å². The van der Waals surface area contributed by atoms with Gasteiger partial charge in [-0.15, -0.1) is 11.3 Å². The van der Waals surface area contributed by atoms with Crippen LogP contribution in [-0.2, 0) is 11.8 Å². The number of nitrogens with one attached hydrogen (secondary N) is 1. The van der Waals surface area contributed by atoms with Gasteiger partial charge in [-0.25, -0.2) is 14.8 Å². The average molecular weight is 289 g/mol. The predicted octanol–water partition coefficient (Wildman–Crippen LogP) is 1.66. The molecule has 0 spiro atoms. The molecule has 3 rings (SSSR count). The van der Waals surface area contributed by atoms with Gasteiger partial charge in [0.1, 0.15) is 17.0 Å². The van der Waals surface area contributed by atoms with Gasteiger partial charge in [-0.2, -0.15) is 5.10 Å². The monoisotopic (exact) mass is 289 g/mol. The summed E-state index contributed by atoms with van der Waals surface area (Å²) in [6.45, 7) is 0. The lowest BCUT2D eigenvalue weighted by molar-refractivity contribution is -0.138. The number of fused-ring (bicyclic) bond motifs is 1. The van der Waals surface area contributed by atoms with Gasteiger partial charge in [0.05, 0.1) is 11.6 Å². The normalized spacial score (nSPS) is 12.4. The van der Waals surface area contributed by atoms with Gasteiger partial charge in [0, 0.05) is 18.8 Å². The third kappa shape index (κ3) is 2.21. The summed E-state index contributed by atoms with van der Waals surface area (Å²) in [5.74, 6) is -0.479. The van der Waals surface area contributed by atoms with E-state index in [1.165, 1.54) is 23.9 Å². The molecule has 3 aromatic heterocycles. The zero-order chi connectivity index (χ0) is 14.1. The summed E-state index contributed by atoms with van der Waals surface area (Å²) < 4.78 is 1.56. The number of anilines is 1. The molecule has 8 heteroatoms. The molecule has 2 N–H and O–H groups in total. The number of hydrogen-bond acceptors (Lipinski definition) is 6. The Kier molecular flexibility index (Phi) is 3.07. The largest absolute Gasteiger partial charge is 0.479 e. The van der Waals surface area contributed by atoms with Crippen LogP contribution in [0.25, 0.3) is 10.2 Å². The van der Waals surface area contributed by atoms with Gasteiger partial charge >= 0.3 is 5.97 Å². The first-order chi connectivity index (χ1) is 9.65. The van der Waals surface area contributed by atoms with E-state index in [0.29, 0.717) is 11.4 Å². The van der Waals surface area contributed by atoms with E-state index in [2.05, 4.69) is 20.4 Å². The summed E-state index contributed by atoms with van der Waals surface area (Å²) in [5, 5.41) is 19.0. The standard InChI is InChI=1S/C12H11N5O2S/c1-17-5-7(4-15-17)9(12(18)19)16-10-8-2-3-20-11(8)14-6-13-10/h2-6,9H,1H3,(H,18,19)(H,13,14,16). The number of aromatic nitrogens is 4. The van der Waals surface area contributed by atoms with Crippen molar-refractivity contribution in [3.8, 4) is 0 Å². The minimum absolute atomic E-state index is 0.507. The van der Waals surface area contributed by atoms with E-state index in [1.54, 1.807) is 17.9 Å². The van der Waals surface area contributed by atoms with Crippen molar-refractivity contribution in [1.82, 2.24) is 19.7 Å². The van der Waals surface area contributed by atoms with Crippen molar-refractivity contribution in [2.24, 2.45) is 7.05 Å². The smallest absolute Gasteiger partial charge is 0.330 e. The fourth-order valence-electron chi connectivity index (χ4n) is 1.92. The van der Waals surface area contributed by atoms with Crippen LogP contribution in [0.2, 0.25) is 0 Å². The summed E-state index contributed by atoms with van der Waals surface area (Å²) >= 11 is 1.48. The molecule has 0 saturated carbocycles. The summed E-state index contributed by atoms with van der Waals surface area (Å²) in [6, 6.07) is 0.964. The Bertz CT molecular complexity index is 766. The van der Waals surface area contributed by atoms with E-state index in [1.807, 2.05) is 11.4 Å². The first-order valence-corrected chi connectivity index (χ1v) is 6.69. The molecular weight excluding hydrogens is 278 g/mol. The van der Waals surface area contributed by atoms with E-state index in [9.17, 15) is 9.90 Å². The maximum atomic E-state index is 11.4. The number of rotatable bonds is 4. The van der Waals surface area contributed by atoms with Gasteiger partial charge in [0.25, 0.3) is 0 Å². The van der Waals surface area contributed by atoms with Crippen LogP contribution >= 0.6 is 11.3 Å². The highest BCUT2D eigenvalue weighted by atomic mass is 32.1. The van der Waals surface area contributed by atoms with Gasteiger partial charge in [0.15, 0.2) is 6.04 Å². The number of carboxylic acid groups (broad SMARTS) is 1. The Morgan fingerprint density at radius 3 is 3.05 bits per heavy atom. The van der Waals surface area contributed by atoms with E-state index in [4.69, 9.17) is 0 Å². The summed E-state index contributed by atoms with van der Waals surface area (Å²) in [5.41, 5.74) is 0.571. The van der Waals surface area contributed by atoms with Gasteiger partial charge in [0.2, 0.25) is 0 Å². The molecule has 0 aliphatic carbocycles. The molecule has 0 aromatic carbocycles. The number of thiophene rings is 1. The molecule has 0 saturated heterocycles. The second kappa shape index (κ2) is 4.89. The molecule has 1 unspecified atom stereocenters. The van der Waals surface area contributed by atoms with E-state index in [0.717, 1.165) is 10.2 Å². The van der Waals surface area contributed by atoms with Gasteiger partial charge in [-0.1, -0.05) is 0 Å². The lowest BCUT2D eigenvalue weighted by atomic mass is 10.1. The fraction of sp³-hybridized carbons (Fsp3) is 0.167. The molecule has 0 aliphatic heterocycles. The minimum Gasteiger partial charge on any atom is -0.479 e. The maximum Gasteiger partial charge on any atom is 0.330 e. The Hall–Kier alpha value is -2.48. The number of hydrogen-bond donors (Lipinski definition) is 2. The van der Waals surface area contributed by atoms with E-state index >= 15 is 0 Å². The molecule has 0 bridgehead atoms. The number of nitrogens with zero attached hydrogens (tertiary/aromatic N) is 4. The Morgan fingerprint density at radius 2 is 2.35 bits per heavy atom. The quantitative estimate of drug-likeness (QED) is 0.759. The zero-order valence-corrected chi connectivity index (χ0v) is 11.3. The number of carboxylic acids is 1. The highest BCUT2D eigenvalue weighted by Crippen LogP contribution is 2.27. The highest BCUT2D eigenvalue weighted by Gasteiger charge is 2.22. The predicted molar refractivity (Wildman–Crippen MR) is 74.6 cm³/mol. The minimum atomic E-state index is -0.986. The molecule has 1 atom stereocenters. The topological polar surface area (TPSA) is 92.9 Å². The van der Waals surface area contributed by atoms with Crippen molar-refractivity contribution >= 4 is 33.3 Å². The molecule has 20 heavy (non-hydrogen) atoms. The maximum absolute atomic E-state index is 11.4. The van der Waals surface area contributed by atoms with Gasteiger partial charge < -0.3 is 10.4 Å². The second-order valence-electron chi connectivity index (χ2n) is 4.22. The van der Waals surface area contributed by atoms with Crippen LogP contribution in [-0.4, -0.2) is 30.8 Å². The van der Waals surface area contributed by atoms with Crippen molar-refractivity contribution in [2.45, 2.75) is 6.04 Å². The lowest BCUT2D eigenvalue weighted by Crippen LogP contribution is -2.20. The molecular formula is C12H11N5O2S. The van der Waals surface area contributed by atoms with Crippen molar-refractivity contribution in [2.75, 3.05) is 5.32 Å². The van der Waals surface area contributed by atoms with Crippen LogP contribution in [0.1, 0.15) is 11.6 Å². The number of carbonyl (C=O) groups is 1. The molecule has 3 heterocycles. The van der Waals surface area contributed by atoms with Crippen LogP contribution in [0.4, 0.5) is 5.82 Å². The van der Waals surface area contributed by atoms with Gasteiger partial charge in [-0.05, 0) is 11.4 Å². The van der Waals surface area contributed by atoms with Crippen LogP contribution in [0.3, 0.4) is 0 Å². The summed E-state index contributed by atoms with van der Waals surface area (Å²) in [4.78, 5) is 20.5. The zero-order valence-electron chi connectivity index (χ0n) is 10.5. The Balaban J connectivity index is 1.98. The van der Waals surface area contributed by atoms with E-state index in [-0.39, 0.29) is 0 Å². The first-order valence-electron chi connectivity index (χ1n) is 5.81. The third-order valence-corrected chi connectivity index (χ3v) is 3.67. The van der Waals surface area contributed by atoms with Gasteiger partial charge in [-0.3, -0.25) is 4.68 Å². The first kappa shape index (κ1) is 12.5. The SMILES string of the molecule is Cn1cc(C(Nc2ncnc3sccc23)C(=O)O)cn1. The Labute approximate surface area is 117 Å². The number of aryl methyl sites for hydroxylation is 1. The average Bonchev–Trinajstić information content (AvgIpc) is 3.04. The van der Waals surface area contributed by atoms with Crippen LogP contribution in [0.15, 0.2) is 30.2 Å². The fourth-order valence-corrected chi connectivity index (χ4v) is 2.65. The number of aliphatic carboxylic acids is 1. The lowest BCUT2D eigenvalue weighted by Gasteiger charge is -2.13. The molecule has 0 radical (unpaired) electrons. The molecule has 0 amide bonds. The third-order valence-electron chi connectivity index (χ3n) is 2.85. The van der Waals surface area contributed by atoms with Crippen molar-refractivity contribution in [1.29, 1.82) is 0 Å². The van der Waals surface area contributed by atoms with Crippen molar-refractivity contribution in [3.63, 3.8) is 0 Å². The molecule has 3 aromatic rings. The molecule has 0 fully saturated rings. The molecule has 0 aliphatic rings. The Morgan fingerprint density at radius 1 is 1.50 bits per heavy atom. The molecule has 102 valence electrons. The van der Waals surface area contributed by atoms with Crippen LogP contribution in [0.5, 0.6) is 0 Å². The summed E-state index contributed by atoms with van der Waals surface area (Å²) in [7, 11) is 1.74. The second-order valence-corrected chi connectivity index (χ2v) is 5.12. The van der Waals surface area contributed by atoms with Crippen molar-refractivity contribution < 1.29 is 9.90 Å². The van der Waals surface area contributed by atoms with E-state index < -0.39 is 12.0 Å². The highest BCUT2D eigenvalue weighted by molar-refractivity contribution is 7.16. The van der Waals surface area contributed by atoms with Crippen LogP contribution < -0.4 is 5.32 Å². The van der Waals surface area contributed by atoms with Crippen molar-refractivity contribution in [3.05, 3.63) is 35.7 Å². The summed E-state index contributed by atoms with van der Waals surface area (Å²) in [6.07, 6.45) is 4.61. The molecule has 7 nitrogen and oxygen atoms in total.